The summed E-state index contributed by atoms with van der Waals surface area (Å²) < 4.78 is 5.35. The van der Waals surface area contributed by atoms with Crippen LogP contribution in [0, 0.1) is 0 Å². The van der Waals surface area contributed by atoms with Crippen molar-refractivity contribution in [3.8, 4) is 5.75 Å². The largest absolute Gasteiger partial charge is 0.494 e. The lowest BCUT2D eigenvalue weighted by atomic mass is 10.1. The van der Waals surface area contributed by atoms with Crippen molar-refractivity contribution in [1.29, 1.82) is 0 Å². The molecule has 0 bridgehead atoms. The maximum absolute atomic E-state index is 10.7. The van der Waals surface area contributed by atoms with Crippen molar-refractivity contribution >= 4 is 5.91 Å². The van der Waals surface area contributed by atoms with Gasteiger partial charge in [0.1, 0.15) is 5.75 Å². The van der Waals surface area contributed by atoms with Gasteiger partial charge in [0.25, 0.3) is 0 Å². The first-order valence-corrected chi connectivity index (χ1v) is 5.38. The molecule has 1 aromatic rings. The van der Waals surface area contributed by atoms with Crippen LogP contribution in [0.15, 0.2) is 24.3 Å². The minimum atomic E-state index is -0.0993. The number of rotatable bonds is 5. The standard InChI is InChI=1S/C12H18N2O2/c1-4-16-12-7-5-11(6-8-12)9(2)13-14-10(3)15/h5-9,13H,4H2,1-3H3,(H,14,15). The van der Waals surface area contributed by atoms with Gasteiger partial charge in [-0.2, -0.15) is 0 Å². The van der Waals surface area contributed by atoms with Gasteiger partial charge in [-0.1, -0.05) is 12.1 Å². The van der Waals surface area contributed by atoms with Crippen LogP contribution in [0.3, 0.4) is 0 Å². The zero-order chi connectivity index (χ0) is 12.0. The van der Waals surface area contributed by atoms with Crippen LogP contribution >= 0.6 is 0 Å². The van der Waals surface area contributed by atoms with E-state index in [1.165, 1.54) is 6.92 Å². The highest BCUT2D eigenvalue weighted by Crippen LogP contribution is 2.16. The van der Waals surface area contributed by atoms with Crippen LogP contribution in [-0.2, 0) is 4.79 Å². The van der Waals surface area contributed by atoms with Crippen molar-refractivity contribution in [2.75, 3.05) is 6.61 Å². The topological polar surface area (TPSA) is 50.4 Å². The minimum absolute atomic E-state index is 0.0691. The molecule has 0 saturated heterocycles. The molecule has 0 aliphatic rings. The summed E-state index contributed by atoms with van der Waals surface area (Å²) >= 11 is 0. The molecule has 1 rings (SSSR count). The number of hydrazine groups is 1. The van der Waals surface area contributed by atoms with Crippen LogP contribution in [-0.4, -0.2) is 12.5 Å². The fourth-order valence-corrected chi connectivity index (χ4v) is 1.31. The Balaban J connectivity index is 2.55. The molecule has 0 aliphatic heterocycles. The number of ether oxygens (including phenoxy) is 1. The first kappa shape index (κ1) is 12.5. The van der Waals surface area contributed by atoms with E-state index in [2.05, 4.69) is 10.9 Å². The predicted molar refractivity (Wildman–Crippen MR) is 63.0 cm³/mol. The Hall–Kier alpha value is -1.55. The summed E-state index contributed by atoms with van der Waals surface area (Å²) in [6.45, 7) is 6.07. The average molecular weight is 222 g/mol. The van der Waals surface area contributed by atoms with Gasteiger partial charge in [0.2, 0.25) is 5.91 Å². The second-order valence-corrected chi connectivity index (χ2v) is 3.55. The normalized spacial score (nSPS) is 11.9. The van der Waals surface area contributed by atoms with Crippen LogP contribution in [0.2, 0.25) is 0 Å². The quantitative estimate of drug-likeness (QED) is 0.747. The zero-order valence-electron chi connectivity index (χ0n) is 9.91. The molecule has 0 spiro atoms. The van der Waals surface area contributed by atoms with Crippen molar-refractivity contribution in [1.82, 2.24) is 10.9 Å². The molecule has 16 heavy (non-hydrogen) atoms. The molecule has 0 aliphatic carbocycles. The molecule has 0 fully saturated rings. The molecule has 0 saturated carbocycles. The molecule has 0 aromatic heterocycles. The average Bonchev–Trinajstić information content (AvgIpc) is 2.27. The van der Waals surface area contributed by atoms with Crippen LogP contribution in [0.4, 0.5) is 0 Å². The van der Waals surface area contributed by atoms with E-state index in [-0.39, 0.29) is 11.9 Å². The fourth-order valence-electron chi connectivity index (χ4n) is 1.31. The van der Waals surface area contributed by atoms with E-state index in [9.17, 15) is 4.79 Å². The van der Waals surface area contributed by atoms with Gasteiger partial charge >= 0.3 is 0 Å². The molecule has 2 N–H and O–H groups in total. The third kappa shape index (κ3) is 3.90. The summed E-state index contributed by atoms with van der Waals surface area (Å²) in [5.74, 6) is 0.760. The lowest BCUT2D eigenvalue weighted by Crippen LogP contribution is -2.37. The number of amides is 1. The number of hydrogen-bond acceptors (Lipinski definition) is 3. The second kappa shape index (κ2) is 6.12. The Labute approximate surface area is 96.0 Å². The van der Waals surface area contributed by atoms with E-state index < -0.39 is 0 Å². The molecule has 1 amide bonds. The summed E-state index contributed by atoms with van der Waals surface area (Å²) in [6, 6.07) is 7.87. The van der Waals surface area contributed by atoms with Gasteiger partial charge in [0.05, 0.1) is 6.61 Å². The number of carbonyl (C=O) groups is 1. The van der Waals surface area contributed by atoms with Crippen molar-refractivity contribution in [2.45, 2.75) is 26.8 Å². The van der Waals surface area contributed by atoms with Gasteiger partial charge in [-0.3, -0.25) is 10.2 Å². The van der Waals surface area contributed by atoms with Crippen LogP contribution in [0.1, 0.15) is 32.4 Å². The minimum Gasteiger partial charge on any atom is -0.494 e. The van der Waals surface area contributed by atoms with Crippen LogP contribution in [0.5, 0.6) is 5.75 Å². The predicted octanol–water partition coefficient (Wildman–Crippen LogP) is 1.79. The van der Waals surface area contributed by atoms with E-state index in [1.807, 2.05) is 38.1 Å². The number of benzene rings is 1. The van der Waals surface area contributed by atoms with Gasteiger partial charge in [-0.15, -0.1) is 0 Å². The molecular formula is C12H18N2O2. The van der Waals surface area contributed by atoms with Gasteiger partial charge in [0, 0.05) is 13.0 Å². The lowest BCUT2D eigenvalue weighted by Gasteiger charge is -2.14. The molecule has 4 heteroatoms. The first-order chi connectivity index (χ1) is 7.63. The van der Waals surface area contributed by atoms with Gasteiger partial charge in [0.15, 0.2) is 0 Å². The van der Waals surface area contributed by atoms with E-state index in [0.29, 0.717) is 6.61 Å². The fraction of sp³-hybridized carbons (Fsp3) is 0.417. The molecule has 1 atom stereocenters. The van der Waals surface area contributed by atoms with E-state index in [1.54, 1.807) is 0 Å². The van der Waals surface area contributed by atoms with Crippen molar-refractivity contribution in [3.05, 3.63) is 29.8 Å². The summed E-state index contributed by atoms with van der Waals surface area (Å²) in [4.78, 5) is 10.7. The Morgan fingerprint density at radius 2 is 2.00 bits per heavy atom. The Kier molecular flexibility index (Phi) is 4.79. The monoisotopic (exact) mass is 222 g/mol. The van der Waals surface area contributed by atoms with Crippen LogP contribution in [0.25, 0.3) is 0 Å². The molecule has 4 nitrogen and oxygen atoms in total. The molecule has 1 aromatic carbocycles. The molecule has 88 valence electrons. The highest BCUT2D eigenvalue weighted by atomic mass is 16.5. The number of nitrogens with one attached hydrogen (secondary N) is 2. The highest BCUT2D eigenvalue weighted by molar-refractivity contribution is 5.72. The number of carbonyl (C=O) groups excluding carboxylic acids is 1. The molecular weight excluding hydrogens is 204 g/mol. The van der Waals surface area contributed by atoms with Gasteiger partial charge in [-0.05, 0) is 31.5 Å². The van der Waals surface area contributed by atoms with Crippen molar-refractivity contribution in [2.24, 2.45) is 0 Å². The van der Waals surface area contributed by atoms with E-state index in [4.69, 9.17) is 4.74 Å². The number of hydrogen-bond donors (Lipinski definition) is 2. The van der Waals surface area contributed by atoms with Gasteiger partial charge in [-0.25, -0.2) is 5.43 Å². The highest BCUT2D eigenvalue weighted by Gasteiger charge is 2.04. The second-order valence-electron chi connectivity index (χ2n) is 3.55. The van der Waals surface area contributed by atoms with Crippen LogP contribution < -0.4 is 15.6 Å². The lowest BCUT2D eigenvalue weighted by molar-refractivity contribution is -0.120. The zero-order valence-corrected chi connectivity index (χ0v) is 9.91. The summed E-state index contributed by atoms with van der Waals surface area (Å²) in [6.07, 6.45) is 0. The Morgan fingerprint density at radius 1 is 1.38 bits per heavy atom. The first-order valence-electron chi connectivity index (χ1n) is 5.38. The summed E-state index contributed by atoms with van der Waals surface area (Å²) in [7, 11) is 0. The third-order valence-electron chi connectivity index (χ3n) is 2.16. The molecule has 0 radical (unpaired) electrons. The van der Waals surface area contributed by atoms with Crippen molar-refractivity contribution in [3.63, 3.8) is 0 Å². The summed E-state index contributed by atoms with van der Waals surface area (Å²) in [5, 5.41) is 0. The molecule has 0 heterocycles. The summed E-state index contributed by atoms with van der Waals surface area (Å²) in [5.41, 5.74) is 6.57. The van der Waals surface area contributed by atoms with Gasteiger partial charge < -0.3 is 4.74 Å². The van der Waals surface area contributed by atoms with Crippen molar-refractivity contribution < 1.29 is 9.53 Å². The molecule has 1 unspecified atom stereocenters. The third-order valence-corrected chi connectivity index (χ3v) is 2.16. The Morgan fingerprint density at radius 3 is 2.50 bits per heavy atom. The van der Waals surface area contributed by atoms with E-state index in [0.717, 1.165) is 11.3 Å². The Bertz CT molecular complexity index is 335. The smallest absolute Gasteiger partial charge is 0.230 e. The van der Waals surface area contributed by atoms with E-state index >= 15 is 0 Å². The maximum atomic E-state index is 10.7. The maximum Gasteiger partial charge on any atom is 0.230 e. The SMILES string of the molecule is CCOc1ccc(C(C)NNC(C)=O)cc1.